The van der Waals surface area contributed by atoms with Crippen LogP contribution in [0.25, 0.3) is 0 Å². The lowest BCUT2D eigenvalue weighted by Crippen LogP contribution is -2.56. The molecule has 1 unspecified atom stereocenters. The molecule has 4 amide bonds. The fraction of sp³-hybridized carbons (Fsp3) is 0.432. The lowest BCUT2D eigenvalue weighted by atomic mass is 9.95. The molecule has 4 atom stereocenters. The molecular weight excluding hydrogens is 706 g/mol. The Balaban J connectivity index is 1.46. The molecule has 4 rings (SSSR count). The molecule has 0 aliphatic heterocycles. The molecule has 0 saturated heterocycles. The third kappa shape index (κ3) is 13.6. The van der Waals surface area contributed by atoms with Gasteiger partial charge in [0.15, 0.2) is 0 Å². The van der Waals surface area contributed by atoms with Crippen molar-refractivity contribution in [2.75, 3.05) is 13.6 Å². The Morgan fingerprint density at radius 2 is 1.51 bits per heavy atom. The van der Waals surface area contributed by atoms with E-state index < -0.39 is 12.1 Å². The molecule has 0 aliphatic rings. The van der Waals surface area contributed by atoms with E-state index in [1.54, 1.807) is 30.1 Å². The molecule has 51 heavy (non-hydrogen) atoms. The standard InChI is InChI=1S/C37H48ClN7O4S2/c1-25(2)35-42-31(23-50-35)21-45(4)36(47)44-33(26(3)19-40-38)34(46)41-29(17-27-11-7-5-8-12-27)15-16-30(18-28-13-9-6-10-14-28)43-37(48)49-22-32-20-39-24-51-32/h5-14,20,23-26,29-30,33,40H,15-19,21-22H2,1-4H3,(H,41,46)(H,43,48)(H,44,47)/t26?,29-,30-,33+/m1/s1. The molecule has 274 valence electrons. The van der Waals surface area contributed by atoms with Gasteiger partial charge in [0.05, 0.1) is 27.6 Å². The molecule has 4 N–H and O–H groups in total. The summed E-state index contributed by atoms with van der Waals surface area (Å²) in [5.74, 6) is -0.342. The van der Waals surface area contributed by atoms with E-state index in [4.69, 9.17) is 16.5 Å². The Morgan fingerprint density at radius 1 is 0.882 bits per heavy atom. The molecule has 0 bridgehead atoms. The van der Waals surface area contributed by atoms with Gasteiger partial charge in [0, 0.05) is 43.2 Å². The highest BCUT2D eigenvalue weighted by molar-refractivity contribution is 7.09. The van der Waals surface area contributed by atoms with E-state index >= 15 is 0 Å². The average Bonchev–Trinajstić information content (AvgIpc) is 3.82. The van der Waals surface area contributed by atoms with Crippen molar-refractivity contribution in [1.29, 1.82) is 0 Å². The van der Waals surface area contributed by atoms with E-state index in [-0.39, 0.29) is 36.5 Å². The first-order valence-corrected chi connectivity index (χ1v) is 19.2. The van der Waals surface area contributed by atoms with Crippen LogP contribution in [-0.2, 0) is 35.5 Å². The molecular formula is C37H48ClN7O4S2. The van der Waals surface area contributed by atoms with Crippen molar-refractivity contribution in [2.45, 2.75) is 83.6 Å². The lowest BCUT2D eigenvalue weighted by molar-refractivity contribution is -0.124. The number of carbonyl (C=O) groups is 3. The van der Waals surface area contributed by atoms with Crippen LogP contribution in [0.2, 0.25) is 0 Å². The zero-order valence-electron chi connectivity index (χ0n) is 29.5. The molecule has 0 aliphatic carbocycles. The Kier molecular flexibility index (Phi) is 16.1. The van der Waals surface area contributed by atoms with Crippen molar-refractivity contribution in [3.05, 3.63) is 104 Å². The first kappa shape index (κ1) is 39.7. The molecule has 2 heterocycles. The topological polar surface area (TPSA) is 138 Å². The second kappa shape index (κ2) is 20.7. The Morgan fingerprint density at radius 3 is 2.06 bits per heavy atom. The summed E-state index contributed by atoms with van der Waals surface area (Å²) in [5.41, 5.74) is 4.62. The monoisotopic (exact) mass is 753 g/mol. The molecule has 0 fully saturated rings. The normalized spacial score (nSPS) is 13.5. The number of urea groups is 1. The number of halogens is 1. The zero-order chi connectivity index (χ0) is 36.6. The van der Waals surface area contributed by atoms with Gasteiger partial charge in [-0.3, -0.25) is 9.78 Å². The first-order valence-electron chi connectivity index (χ1n) is 17.1. The van der Waals surface area contributed by atoms with Crippen LogP contribution < -0.4 is 20.8 Å². The Hall–Kier alpha value is -4.04. The van der Waals surface area contributed by atoms with Crippen molar-refractivity contribution in [3.63, 3.8) is 0 Å². The van der Waals surface area contributed by atoms with Gasteiger partial charge < -0.3 is 25.6 Å². The highest BCUT2D eigenvalue weighted by Gasteiger charge is 2.30. The number of benzene rings is 2. The molecule has 11 nitrogen and oxygen atoms in total. The van der Waals surface area contributed by atoms with Crippen LogP contribution in [0.1, 0.15) is 66.2 Å². The predicted molar refractivity (Wildman–Crippen MR) is 204 cm³/mol. The van der Waals surface area contributed by atoms with Crippen LogP contribution >= 0.6 is 34.5 Å². The molecule has 0 radical (unpaired) electrons. The SMILES string of the molecule is CC(C)c1nc(CN(C)C(=O)N[C@H](C(=O)N[C@H](CC[C@H](Cc2ccccc2)NC(=O)OCc2cncs2)Cc2ccccc2)C(C)CNCl)cs1. The minimum Gasteiger partial charge on any atom is -0.444 e. The Labute approximate surface area is 313 Å². The van der Waals surface area contributed by atoms with E-state index in [9.17, 15) is 14.4 Å². The van der Waals surface area contributed by atoms with E-state index in [1.807, 2.05) is 73.0 Å². The summed E-state index contributed by atoms with van der Waals surface area (Å²) in [4.78, 5) is 54.0. The molecule has 4 aromatic rings. The van der Waals surface area contributed by atoms with Crippen LogP contribution in [0.4, 0.5) is 9.59 Å². The van der Waals surface area contributed by atoms with Crippen LogP contribution in [0.15, 0.2) is 77.8 Å². The van der Waals surface area contributed by atoms with Gasteiger partial charge in [-0.05, 0) is 54.5 Å². The number of thiazole rings is 2. The van der Waals surface area contributed by atoms with Gasteiger partial charge in [-0.15, -0.1) is 22.7 Å². The van der Waals surface area contributed by atoms with Gasteiger partial charge in [-0.25, -0.2) is 19.4 Å². The summed E-state index contributed by atoms with van der Waals surface area (Å²) in [6.07, 6.45) is 3.43. The quantitative estimate of drug-likeness (QED) is 0.0787. The van der Waals surface area contributed by atoms with Crippen molar-refractivity contribution in [2.24, 2.45) is 5.92 Å². The highest BCUT2D eigenvalue weighted by Crippen LogP contribution is 2.20. The molecule has 0 spiro atoms. The Bertz CT molecular complexity index is 1630. The third-order valence-corrected chi connectivity index (χ3v) is 10.5. The minimum atomic E-state index is -0.869. The lowest BCUT2D eigenvalue weighted by Gasteiger charge is -2.29. The molecule has 14 heteroatoms. The van der Waals surface area contributed by atoms with Crippen molar-refractivity contribution in [1.82, 2.24) is 35.7 Å². The smallest absolute Gasteiger partial charge is 0.407 e. The summed E-state index contributed by atoms with van der Waals surface area (Å²) >= 11 is 8.87. The largest absolute Gasteiger partial charge is 0.444 e. The number of alkyl carbamates (subject to hydrolysis) is 1. The van der Waals surface area contributed by atoms with E-state index in [2.05, 4.69) is 44.6 Å². The van der Waals surface area contributed by atoms with E-state index in [0.29, 0.717) is 44.7 Å². The number of nitrogens with one attached hydrogen (secondary N) is 4. The highest BCUT2D eigenvalue weighted by atomic mass is 35.5. The predicted octanol–water partition coefficient (Wildman–Crippen LogP) is 6.66. The summed E-state index contributed by atoms with van der Waals surface area (Å²) in [6.45, 7) is 6.77. The molecule has 2 aromatic heterocycles. The fourth-order valence-corrected chi connectivity index (χ4v) is 7.10. The number of aromatic nitrogens is 2. The van der Waals surface area contributed by atoms with Gasteiger partial charge in [0.1, 0.15) is 12.6 Å². The average molecular weight is 754 g/mol. The van der Waals surface area contributed by atoms with Crippen LogP contribution in [0.3, 0.4) is 0 Å². The molecule has 0 saturated carbocycles. The summed E-state index contributed by atoms with van der Waals surface area (Å²) in [6, 6.07) is 18.0. The number of rotatable bonds is 19. The number of carbonyl (C=O) groups excluding carboxylic acids is 3. The maximum Gasteiger partial charge on any atom is 0.407 e. The number of amides is 4. The van der Waals surface area contributed by atoms with Gasteiger partial charge in [-0.1, -0.05) is 81.4 Å². The number of hydrogen-bond acceptors (Lipinski definition) is 9. The van der Waals surface area contributed by atoms with Crippen molar-refractivity contribution < 1.29 is 19.1 Å². The van der Waals surface area contributed by atoms with Gasteiger partial charge >= 0.3 is 12.1 Å². The van der Waals surface area contributed by atoms with Crippen LogP contribution in [-0.4, -0.2) is 64.6 Å². The second-order valence-corrected chi connectivity index (χ2v) is 15.1. The van der Waals surface area contributed by atoms with E-state index in [0.717, 1.165) is 26.7 Å². The number of hydrogen-bond donors (Lipinski definition) is 4. The van der Waals surface area contributed by atoms with Crippen LogP contribution in [0, 0.1) is 5.92 Å². The third-order valence-electron chi connectivity index (χ3n) is 8.35. The van der Waals surface area contributed by atoms with Gasteiger partial charge in [0.25, 0.3) is 0 Å². The van der Waals surface area contributed by atoms with Gasteiger partial charge in [-0.2, -0.15) is 0 Å². The fourth-order valence-electron chi connectivity index (χ4n) is 5.52. The zero-order valence-corrected chi connectivity index (χ0v) is 31.9. The first-order chi connectivity index (χ1) is 24.6. The second-order valence-electron chi connectivity index (χ2n) is 13.0. The number of ether oxygens (including phenoxy) is 1. The van der Waals surface area contributed by atoms with Crippen LogP contribution in [0.5, 0.6) is 0 Å². The minimum absolute atomic E-state index is 0.141. The maximum absolute atomic E-state index is 14.0. The molecule has 2 aromatic carbocycles. The van der Waals surface area contributed by atoms with Gasteiger partial charge in [0.2, 0.25) is 5.91 Å². The van der Waals surface area contributed by atoms with E-state index in [1.165, 1.54) is 16.2 Å². The number of nitrogens with zero attached hydrogens (tertiary/aromatic N) is 3. The van der Waals surface area contributed by atoms with Crippen molar-refractivity contribution in [3.8, 4) is 0 Å². The maximum atomic E-state index is 14.0. The summed E-state index contributed by atoms with van der Waals surface area (Å²) in [5, 5.41) is 12.2. The summed E-state index contributed by atoms with van der Waals surface area (Å²) in [7, 11) is 1.68. The summed E-state index contributed by atoms with van der Waals surface area (Å²) < 4.78 is 5.49. The van der Waals surface area contributed by atoms with Crippen molar-refractivity contribution >= 4 is 52.5 Å².